The number of hydrogen-bond acceptors (Lipinski definition) is 6. The summed E-state index contributed by atoms with van der Waals surface area (Å²) < 4.78 is 13.4. The van der Waals surface area contributed by atoms with E-state index in [4.69, 9.17) is 0 Å². The van der Waals surface area contributed by atoms with Crippen molar-refractivity contribution in [3.63, 3.8) is 0 Å². The van der Waals surface area contributed by atoms with Crippen molar-refractivity contribution in [1.29, 1.82) is 0 Å². The molecular formula is C8H12O6. The Bertz CT molecular complexity index is 234. The Balaban J connectivity index is 4.17. The molecule has 1 atom stereocenters. The Morgan fingerprint density at radius 3 is 2.07 bits per heavy atom. The molecule has 0 heterocycles. The highest BCUT2D eigenvalue weighted by Crippen LogP contribution is 1.97. The first-order chi connectivity index (χ1) is 6.47. The molecule has 6 nitrogen and oxygen atoms in total. The summed E-state index contributed by atoms with van der Waals surface area (Å²) >= 11 is 0. The minimum atomic E-state index is -1.19. The summed E-state index contributed by atoms with van der Waals surface area (Å²) in [6, 6.07) is 0. The van der Waals surface area contributed by atoms with E-state index in [-0.39, 0.29) is 6.61 Å². The molecule has 0 aliphatic heterocycles. The van der Waals surface area contributed by atoms with Crippen molar-refractivity contribution in [3.05, 3.63) is 0 Å². The topological polar surface area (TPSA) is 78.9 Å². The van der Waals surface area contributed by atoms with Gasteiger partial charge in [-0.1, -0.05) is 0 Å². The van der Waals surface area contributed by atoms with Gasteiger partial charge in [-0.2, -0.15) is 0 Å². The van der Waals surface area contributed by atoms with Crippen LogP contribution < -0.4 is 0 Å². The number of methoxy groups -OCH3 is 1. The molecule has 0 aromatic carbocycles. The van der Waals surface area contributed by atoms with Crippen LogP contribution >= 0.6 is 0 Å². The molecule has 0 bridgehead atoms. The molecule has 0 aliphatic rings. The largest absolute Gasteiger partial charge is 0.466 e. The maximum absolute atomic E-state index is 11.0. The molecule has 0 fully saturated rings. The molecule has 80 valence electrons. The van der Waals surface area contributed by atoms with E-state index in [2.05, 4.69) is 14.2 Å². The summed E-state index contributed by atoms with van der Waals surface area (Å²) in [6.45, 7) is 1.99. The average molecular weight is 204 g/mol. The van der Waals surface area contributed by atoms with Crippen molar-refractivity contribution >= 4 is 17.9 Å². The second kappa shape index (κ2) is 5.95. The number of carbonyl (C=O) groups is 3. The smallest absolute Gasteiger partial charge is 0.350 e. The van der Waals surface area contributed by atoms with Gasteiger partial charge in [-0.25, -0.2) is 4.79 Å². The van der Waals surface area contributed by atoms with E-state index in [0.29, 0.717) is 0 Å². The third-order valence-corrected chi connectivity index (χ3v) is 1.21. The zero-order valence-electron chi connectivity index (χ0n) is 8.23. The fourth-order valence-electron chi connectivity index (χ4n) is 0.675. The van der Waals surface area contributed by atoms with Crippen LogP contribution in [0.3, 0.4) is 0 Å². The molecule has 0 radical (unpaired) electrons. The molecule has 14 heavy (non-hydrogen) atoms. The van der Waals surface area contributed by atoms with Crippen LogP contribution in [0.5, 0.6) is 0 Å². The molecule has 0 aromatic rings. The first-order valence-corrected chi connectivity index (χ1v) is 3.85. The predicted octanol–water partition coefficient (Wildman–Crippen LogP) is -0.346. The van der Waals surface area contributed by atoms with Gasteiger partial charge < -0.3 is 14.2 Å². The van der Waals surface area contributed by atoms with Crippen LogP contribution in [0.25, 0.3) is 0 Å². The van der Waals surface area contributed by atoms with Gasteiger partial charge in [-0.3, -0.25) is 9.59 Å². The number of ether oxygens (including phenoxy) is 3. The Kier molecular flexibility index (Phi) is 5.28. The van der Waals surface area contributed by atoms with Crippen LogP contribution in [0.2, 0.25) is 0 Å². The van der Waals surface area contributed by atoms with E-state index in [1.807, 2.05) is 0 Å². The van der Waals surface area contributed by atoms with Crippen LogP contribution in [0.1, 0.15) is 13.8 Å². The van der Waals surface area contributed by atoms with E-state index in [1.54, 1.807) is 0 Å². The lowest BCUT2D eigenvalue weighted by Gasteiger charge is -2.13. The van der Waals surface area contributed by atoms with Crippen LogP contribution in [-0.4, -0.2) is 37.7 Å². The number of esters is 3. The van der Waals surface area contributed by atoms with Crippen molar-refractivity contribution in [3.8, 4) is 0 Å². The lowest BCUT2D eigenvalue weighted by Crippen LogP contribution is -2.32. The van der Waals surface area contributed by atoms with Gasteiger partial charge in [-0.15, -0.1) is 0 Å². The third kappa shape index (κ3) is 5.13. The second-order valence-corrected chi connectivity index (χ2v) is 2.42. The van der Waals surface area contributed by atoms with Gasteiger partial charge >= 0.3 is 17.9 Å². The van der Waals surface area contributed by atoms with Gasteiger partial charge in [-0.05, 0) is 0 Å². The number of carbonyl (C=O) groups excluding carboxylic acids is 3. The van der Waals surface area contributed by atoms with E-state index < -0.39 is 24.0 Å². The zero-order chi connectivity index (χ0) is 11.1. The van der Waals surface area contributed by atoms with Crippen molar-refractivity contribution in [2.75, 3.05) is 13.7 Å². The minimum Gasteiger partial charge on any atom is -0.466 e. The van der Waals surface area contributed by atoms with E-state index in [9.17, 15) is 14.4 Å². The molecule has 0 saturated heterocycles. The molecule has 0 aliphatic carbocycles. The van der Waals surface area contributed by atoms with Gasteiger partial charge in [0.15, 0.2) is 0 Å². The predicted molar refractivity (Wildman–Crippen MR) is 44.2 cm³/mol. The van der Waals surface area contributed by atoms with Gasteiger partial charge in [0, 0.05) is 13.8 Å². The maximum atomic E-state index is 11.0. The lowest BCUT2D eigenvalue weighted by atomic mass is 10.4. The maximum Gasteiger partial charge on any atom is 0.350 e. The first kappa shape index (κ1) is 12.4. The van der Waals surface area contributed by atoms with Crippen LogP contribution in [0.4, 0.5) is 0 Å². The minimum absolute atomic E-state index is 0.332. The first-order valence-electron chi connectivity index (χ1n) is 3.85. The molecule has 0 unspecified atom stereocenters. The summed E-state index contributed by atoms with van der Waals surface area (Å²) in [5.74, 6) is -1.97. The zero-order valence-corrected chi connectivity index (χ0v) is 8.23. The van der Waals surface area contributed by atoms with Crippen molar-refractivity contribution < 1.29 is 28.6 Å². The van der Waals surface area contributed by atoms with E-state index >= 15 is 0 Å². The second-order valence-electron chi connectivity index (χ2n) is 2.42. The fourth-order valence-corrected chi connectivity index (χ4v) is 0.675. The van der Waals surface area contributed by atoms with Gasteiger partial charge in [0.1, 0.15) is 6.61 Å². The summed E-state index contributed by atoms with van der Waals surface area (Å²) in [4.78, 5) is 31.9. The van der Waals surface area contributed by atoms with Crippen molar-refractivity contribution in [2.24, 2.45) is 0 Å². The quantitative estimate of drug-likeness (QED) is 0.460. The molecular weight excluding hydrogens is 192 g/mol. The monoisotopic (exact) mass is 204 g/mol. The molecule has 0 aromatic heterocycles. The van der Waals surface area contributed by atoms with Gasteiger partial charge in [0.2, 0.25) is 6.10 Å². The molecule has 0 N–H and O–H groups in total. The summed E-state index contributed by atoms with van der Waals surface area (Å²) in [7, 11) is 1.15. The number of rotatable bonds is 4. The Morgan fingerprint density at radius 2 is 1.71 bits per heavy atom. The van der Waals surface area contributed by atoms with Crippen LogP contribution in [0, 0.1) is 0 Å². The van der Waals surface area contributed by atoms with E-state index in [1.165, 1.54) is 6.92 Å². The van der Waals surface area contributed by atoms with Crippen LogP contribution in [0.15, 0.2) is 0 Å². The molecule has 0 spiro atoms. The highest BCUT2D eigenvalue weighted by atomic mass is 16.6. The molecule has 0 amide bonds. The SMILES string of the molecule is COC(=O)[C@@H](COC(C)=O)OC(C)=O. The summed E-state index contributed by atoms with van der Waals surface area (Å²) in [6.07, 6.45) is -1.19. The highest BCUT2D eigenvalue weighted by Gasteiger charge is 2.23. The van der Waals surface area contributed by atoms with Crippen molar-refractivity contribution in [1.82, 2.24) is 0 Å². The standard InChI is InChI=1S/C8H12O6/c1-5(9)13-4-7(8(11)12-3)14-6(2)10/h7H,4H2,1-3H3/t7-/m1/s1. The van der Waals surface area contributed by atoms with Gasteiger partial charge in [0.05, 0.1) is 7.11 Å². The van der Waals surface area contributed by atoms with E-state index in [0.717, 1.165) is 14.0 Å². The summed E-state index contributed by atoms with van der Waals surface area (Å²) in [5.41, 5.74) is 0. The average Bonchev–Trinajstić information content (AvgIpc) is 2.10. The normalized spacial score (nSPS) is 11.4. The van der Waals surface area contributed by atoms with Crippen LogP contribution in [-0.2, 0) is 28.6 Å². The fraction of sp³-hybridized carbons (Fsp3) is 0.625. The highest BCUT2D eigenvalue weighted by molar-refractivity contribution is 5.79. The Labute approximate surface area is 81.1 Å². The molecule has 6 heteroatoms. The Morgan fingerprint density at radius 1 is 1.14 bits per heavy atom. The third-order valence-electron chi connectivity index (χ3n) is 1.21. The Hall–Kier alpha value is -1.59. The summed E-state index contributed by atoms with van der Waals surface area (Å²) in [5, 5.41) is 0. The lowest BCUT2D eigenvalue weighted by molar-refractivity contribution is -0.171. The number of hydrogen-bond donors (Lipinski definition) is 0. The van der Waals surface area contributed by atoms with Crippen molar-refractivity contribution in [2.45, 2.75) is 20.0 Å². The molecule has 0 saturated carbocycles. The molecule has 0 rings (SSSR count). The van der Waals surface area contributed by atoms with Gasteiger partial charge in [0.25, 0.3) is 0 Å².